The fourth-order valence-corrected chi connectivity index (χ4v) is 4.66. The van der Waals surface area contributed by atoms with Crippen LogP contribution in [0.2, 0.25) is 10.0 Å². The minimum absolute atomic E-state index is 0.112. The summed E-state index contributed by atoms with van der Waals surface area (Å²) in [5, 5.41) is 27.2. The lowest BCUT2D eigenvalue weighted by Crippen LogP contribution is -2.29. The number of carbonyl (C=O) groups excluding carboxylic acids is 1. The highest BCUT2D eigenvalue weighted by Gasteiger charge is 2.20. The first kappa shape index (κ1) is 24.1. The molecule has 1 saturated carbocycles. The lowest BCUT2D eigenvalue weighted by molar-refractivity contribution is 0.0780. The van der Waals surface area contributed by atoms with Crippen molar-refractivity contribution in [3.05, 3.63) is 45.9 Å². The summed E-state index contributed by atoms with van der Waals surface area (Å²) >= 11 is 12.8. The third-order valence-electron chi connectivity index (χ3n) is 5.96. The van der Waals surface area contributed by atoms with Crippen LogP contribution in [0.3, 0.4) is 0 Å². The van der Waals surface area contributed by atoms with Crippen molar-refractivity contribution in [3.8, 4) is 17.2 Å². The maximum absolute atomic E-state index is 13.0. The predicted molar refractivity (Wildman–Crippen MR) is 130 cm³/mol. The fourth-order valence-electron chi connectivity index (χ4n) is 4.10. The summed E-state index contributed by atoms with van der Waals surface area (Å²) in [6.07, 6.45) is 7.25. The van der Waals surface area contributed by atoms with Crippen molar-refractivity contribution in [2.75, 3.05) is 18.9 Å². The maximum Gasteiger partial charge on any atom is 0.267 e. The van der Waals surface area contributed by atoms with E-state index >= 15 is 0 Å². The number of aromatic amines is 1. The van der Waals surface area contributed by atoms with Crippen LogP contribution in [-0.2, 0) is 0 Å². The van der Waals surface area contributed by atoms with E-state index in [1.54, 1.807) is 30.1 Å². The Hall–Kier alpha value is -3.04. The van der Waals surface area contributed by atoms with Gasteiger partial charge in [0.25, 0.3) is 11.9 Å². The minimum Gasteiger partial charge on any atom is -0.507 e. The molecule has 1 amide bonds. The van der Waals surface area contributed by atoms with Crippen molar-refractivity contribution in [1.29, 1.82) is 0 Å². The van der Waals surface area contributed by atoms with Crippen LogP contribution in [0.15, 0.2) is 30.3 Å². The molecule has 1 heterocycles. The number of phenolic OH excluding ortho intramolecular Hbond substituents is 1. The number of halogens is 2. The van der Waals surface area contributed by atoms with Gasteiger partial charge in [0.1, 0.15) is 11.5 Å². The number of anilines is 2. The average molecular weight is 505 g/mol. The number of nitrogens with one attached hydrogen (secondary N) is 2. The van der Waals surface area contributed by atoms with Crippen molar-refractivity contribution in [1.82, 2.24) is 25.5 Å². The lowest BCUT2D eigenvalue weighted by atomic mass is 9.87. The van der Waals surface area contributed by atoms with Gasteiger partial charge >= 0.3 is 0 Å². The molecule has 1 aromatic heterocycles. The summed E-state index contributed by atoms with van der Waals surface area (Å²) in [7, 11) is 1.75. The number of ether oxygens (including phenoxy) is 1. The third-order valence-corrected chi connectivity index (χ3v) is 6.52. The zero-order valence-corrected chi connectivity index (χ0v) is 20.2. The Labute approximate surface area is 207 Å². The third kappa shape index (κ3) is 5.90. The number of rotatable bonds is 8. The van der Waals surface area contributed by atoms with Crippen molar-refractivity contribution in [2.45, 2.75) is 38.5 Å². The standard InChI is InChI=1S/C23H26Cl2N6O3/c1-31(10-9-14-5-3-2-4-6-14)22(33)17-13-16(7-8-20(17)32)34-21-18(24)11-15(12-19(21)25)26-23-27-29-30-28-23/h7-8,11-14,32H,2-6,9-10H2,1H3,(H2,26,27,28,29,30). The number of hydrogen-bond acceptors (Lipinski definition) is 7. The number of amides is 1. The number of H-pyrrole nitrogens is 1. The van der Waals surface area contributed by atoms with Gasteiger partial charge in [-0.05, 0) is 47.9 Å². The van der Waals surface area contributed by atoms with Gasteiger partial charge in [0.15, 0.2) is 5.75 Å². The van der Waals surface area contributed by atoms with Crippen LogP contribution in [0.25, 0.3) is 0 Å². The molecular weight excluding hydrogens is 479 g/mol. The molecule has 0 atom stereocenters. The largest absolute Gasteiger partial charge is 0.507 e. The number of phenols is 1. The number of hydrogen-bond donors (Lipinski definition) is 3. The van der Waals surface area contributed by atoms with Gasteiger partial charge < -0.3 is 20.1 Å². The van der Waals surface area contributed by atoms with Gasteiger partial charge in [0.05, 0.1) is 15.6 Å². The van der Waals surface area contributed by atoms with E-state index in [4.69, 9.17) is 27.9 Å². The summed E-state index contributed by atoms with van der Waals surface area (Å²) in [5.74, 6) is 1.08. The number of benzene rings is 2. The second-order valence-electron chi connectivity index (χ2n) is 8.43. The van der Waals surface area contributed by atoms with Gasteiger partial charge in [-0.1, -0.05) is 60.4 Å². The van der Waals surface area contributed by atoms with E-state index in [-0.39, 0.29) is 39.0 Å². The predicted octanol–water partition coefficient (Wildman–Crippen LogP) is 5.79. The molecule has 34 heavy (non-hydrogen) atoms. The zero-order chi connectivity index (χ0) is 24.1. The average Bonchev–Trinajstić information content (AvgIpc) is 3.34. The van der Waals surface area contributed by atoms with Gasteiger partial charge in [0, 0.05) is 19.3 Å². The van der Waals surface area contributed by atoms with Gasteiger partial charge in [-0.2, -0.15) is 5.21 Å². The summed E-state index contributed by atoms with van der Waals surface area (Å²) in [6.45, 7) is 0.639. The molecule has 0 saturated heterocycles. The first-order chi connectivity index (χ1) is 16.4. The maximum atomic E-state index is 13.0. The Bertz CT molecular complexity index is 1110. The number of aromatic nitrogens is 4. The molecule has 0 aliphatic heterocycles. The Balaban J connectivity index is 1.45. The second-order valence-corrected chi connectivity index (χ2v) is 9.24. The van der Waals surface area contributed by atoms with Crippen molar-refractivity contribution < 1.29 is 14.6 Å². The van der Waals surface area contributed by atoms with Gasteiger partial charge in [0.2, 0.25) is 0 Å². The molecular formula is C23H26Cl2N6O3. The van der Waals surface area contributed by atoms with Crippen molar-refractivity contribution in [3.63, 3.8) is 0 Å². The smallest absolute Gasteiger partial charge is 0.267 e. The van der Waals surface area contributed by atoms with Crippen LogP contribution in [0.1, 0.15) is 48.9 Å². The highest BCUT2D eigenvalue weighted by molar-refractivity contribution is 6.37. The number of aromatic hydroxyl groups is 1. The molecule has 3 aromatic rings. The van der Waals surface area contributed by atoms with Crippen molar-refractivity contribution in [2.24, 2.45) is 5.92 Å². The Morgan fingerprint density at radius 2 is 1.94 bits per heavy atom. The normalized spacial score (nSPS) is 14.1. The summed E-state index contributed by atoms with van der Waals surface area (Å²) in [4.78, 5) is 14.6. The van der Waals surface area contributed by atoms with Crippen LogP contribution < -0.4 is 10.1 Å². The van der Waals surface area contributed by atoms with Crippen LogP contribution in [-0.4, -0.2) is 50.1 Å². The number of carbonyl (C=O) groups is 1. The van der Waals surface area contributed by atoms with Crippen LogP contribution >= 0.6 is 23.2 Å². The minimum atomic E-state index is -0.268. The molecule has 1 aliphatic rings. The molecule has 11 heteroatoms. The topological polar surface area (TPSA) is 116 Å². The molecule has 2 aromatic carbocycles. The lowest BCUT2D eigenvalue weighted by Gasteiger charge is -2.25. The van der Waals surface area contributed by atoms with Crippen LogP contribution in [0, 0.1) is 5.92 Å². The summed E-state index contributed by atoms with van der Waals surface area (Å²) < 4.78 is 5.89. The zero-order valence-electron chi connectivity index (χ0n) is 18.7. The van der Waals surface area contributed by atoms with Gasteiger partial charge in [-0.3, -0.25) is 4.79 Å². The Morgan fingerprint density at radius 3 is 2.62 bits per heavy atom. The highest BCUT2D eigenvalue weighted by atomic mass is 35.5. The highest BCUT2D eigenvalue weighted by Crippen LogP contribution is 2.40. The summed E-state index contributed by atoms with van der Waals surface area (Å²) in [5.41, 5.74) is 0.705. The molecule has 1 aliphatic carbocycles. The monoisotopic (exact) mass is 504 g/mol. The van der Waals surface area contributed by atoms with Gasteiger partial charge in [-0.25, -0.2) is 0 Å². The summed E-state index contributed by atoms with van der Waals surface area (Å²) in [6, 6.07) is 7.67. The van der Waals surface area contributed by atoms with E-state index in [2.05, 4.69) is 25.9 Å². The molecule has 3 N–H and O–H groups in total. The van der Waals surface area contributed by atoms with E-state index in [1.165, 1.54) is 44.2 Å². The van der Waals surface area contributed by atoms with E-state index in [0.29, 0.717) is 23.9 Å². The Kier molecular flexibility index (Phi) is 7.74. The first-order valence-electron chi connectivity index (χ1n) is 11.2. The second kappa shape index (κ2) is 10.9. The molecule has 180 valence electrons. The molecule has 0 spiro atoms. The molecule has 0 unspecified atom stereocenters. The molecule has 0 radical (unpaired) electrons. The number of nitrogens with zero attached hydrogens (tertiary/aromatic N) is 4. The molecule has 1 fully saturated rings. The first-order valence-corrected chi connectivity index (χ1v) is 11.9. The van der Waals surface area contributed by atoms with E-state index < -0.39 is 0 Å². The van der Waals surface area contributed by atoms with E-state index in [1.807, 2.05) is 0 Å². The fraction of sp³-hybridized carbons (Fsp3) is 0.391. The van der Waals surface area contributed by atoms with Crippen LogP contribution in [0.5, 0.6) is 17.2 Å². The number of tetrazole rings is 1. The quantitative estimate of drug-likeness (QED) is 0.355. The SMILES string of the molecule is CN(CCC1CCCCC1)C(=O)c1cc(Oc2c(Cl)cc(Nc3nn[nH]n3)cc2Cl)ccc1O. The molecule has 9 nitrogen and oxygen atoms in total. The van der Waals surface area contributed by atoms with Crippen molar-refractivity contribution >= 4 is 40.7 Å². The van der Waals surface area contributed by atoms with E-state index in [0.717, 1.165) is 6.42 Å². The van der Waals surface area contributed by atoms with Crippen LogP contribution in [0.4, 0.5) is 11.6 Å². The molecule has 4 rings (SSSR count). The molecule has 0 bridgehead atoms. The van der Waals surface area contributed by atoms with Gasteiger partial charge in [-0.15, -0.1) is 5.10 Å². The van der Waals surface area contributed by atoms with E-state index in [9.17, 15) is 9.90 Å². The Morgan fingerprint density at radius 1 is 1.21 bits per heavy atom.